The minimum absolute atomic E-state index is 0.582. The number of nitrogens with one attached hydrogen (secondary N) is 2. The smallest absolute Gasteiger partial charge is 0.151 e. The van der Waals surface area contributed by atoms with Crippen molar-refractivity contribution in [2.75, 3.05) is 0 Å². The van der Waals surface area contributed by atoms with E-state index >= 15 is 0 Å². The first kappa shape index (κ1) is 14.5. The molecule has 0 amide bonds. The van der Waals surface area contributed by atoms with Gasteiger partial charge < -0.3 is 10.3 Å². The van der Waals surface area contributed by atoms with E-state index in [9.17, 15) is 0 Å². The first-order chi connectivity index (χ1) is 9.19. The molecule has 0 aromatic carbocycles. The summed E-state index contributed by atoms with van der Waals surface area (Å²) in [7, 11) is 0. The van der Waals surface area contributed by atoms with Crippen LogP contribution < -0.4 is 5.32 Å². The molecule has 19 heavy (non-hydrogen) atoms. The number of thiazole rings is 1. The molecule has 6 heteroatoms. The Bertz CT molecular complexity index is 520. The van der Waals surface area contributed by atoms with Gasteiger partial charge in [0.05, 0.1) is 10.7 Å². The average Bonchev–Trinajstić information content (AvgIpc) is 2.94. The molecule has 0 atom stereocenters. The minimum atomic E-state index is 0.582. The van der Waals surface area contributed by atoms with Gasteiger partial charge in [-0.3, -0.25) is 0 Å². The third-order valence-corrected chi connectivity index (χ3v) is 4.04. The van der Waals surface area contributed by atoms with E-state index in [1.165, 1.54) is 4.88 Å². The van der Waals surface area contributed by atoms with Crippen LogP contribution in [0.15, 0.2) is 6.20 Å². The predicted molar refractivity (Wildman–Crippen MR) is 79.6 cm³/mol. The molecule has 0 unspecified atom stereocenters. The molecule has 0 aliphatic carbocycles. The molecule has 0 saturated heterocycles. The van der Waals surface area contributed by atoms with Crippen LogP contribution in [0, 0.1) is 6.92 Å². The first-order valence-corrected chi connectivity index (χ1v) is 7.73. The van der Waals surface area contributed by atoms with Gasteiger partial charge in [0.1, 0.15) is 5.82 Å². The van der Waals surface area contributed by atoms with Crippen molar-refractivity contribution in [3.05, 3.63) is 32.8 Å². The zero-order valence-corrected chi connectivity index (χ0v) is 12.9. The maximum atomic E-state index is 6.12. The molecular weight excluding hydrogens is 280 g/mol. The van der Waals surface area contributed by atoms with Crippen molar-refractivity contribution in [1.82, 2.24) is 20.3 Å². The number of nitrogens with zero attached hydrogens (tertiary/aromatic N) is 2. The Kier molecular flexibility index (Phi) is 5.36. The van der Waals surface area contributed by atoms with Gasteiger partial charge in [-0.15, -0.1) is 11.3 Å². The maximum Gasteiger partial charge on any atom is 0.151 e. The lowest BCUT2D eigenvalue weighted by atomic mass is 10.2. The SMILES string of the molecule is CCCCc1nc(Cl)c(CNCc2cnc(C)s2)[nH]1. The van der Waals surface area contributed by atoms with Crippen LogP contribution in [0.2, 0.25) is 5.15 Å². The number of hydrogen-bond donors (Lipinski definition) is 2. The van der Waals surface area contributed by atoms with Crippen LogP contribution in [0.4, 0.5) is 0 Å². The molecule has 0 aliphatic heterocycles. The molecule has 0 saturated carbocycles. The number of rotatable bonds is 7. The van der Waals surface area contributed by atoms with Crippen molar-refractivity contribution in [3.8, 4) is 0 Å². The van der Waals surface area contributed by atoms with E-state index in [1.807, 2.05) is 13.1 Å². The Morgan fingerprint density at radius 2 is 2.26 bits per heavy atom. The highest BCUT2D eigenvalue weighted by molar-refractivity contribution is 7.11. The highest BCUT2D eigenvalue weighted by Crippen LogP contribution is 2.15. The Morgan fingerprint density at radius 3 is 2.95 bits per heavy atom. The summed E-state index contributed by atoms with van der Waals surface area (Å²) in [5.41, 5.74) is 0.967. The first-order valence-electron chi connectivity index (χ1n) is 6.54. The van der Waals surface area contributed by atoms with E-state index in [2.05, 4.69) is 27.2 Å². The van der Waals surface area contributed by atoms with E-state index in [-0.39, 0.29) is 0 Å². The van der Waals surface area contributed by atoms with E-state index in [4.69, 9.17) is 11.6 Å². The number of imidazole rings is 1. The molecule has 0 radical (unpaired) electrons. The summed E-state index contributed by atoms with van der Waals surface area (Å²) >= 11 is 7.83. The highest BCUT2D eigenvalue weighted by atomic mass is 35.5. The quantitative estimate of drug-likeness (QED) is 0.823. The van der Waals surface area contributed by atoms with Crippen LogP contribution in [0.1, 0.15) is 41.2 Å². The van der Waals surface area contributed by atoms with Crippen molar-refractivity contribution in [2.45, 2.75) is 46.2 Å². The number of aromatic nitrogens is 3. The van der Waals surface area contributed by atoms with Gasteiger partial charge in [-0.05, 0) is 13.3 Å². The number of unbranched alkanes of at least 4 members (excludes halogenated alkanes) is 1. The van der Waals surface area contributed by atoms with Crippen molar-refractivity contribution in [1.29, 1.82) is 0 Å². The molecule has 104 valence electrons. The van der Waals surface area contributed by atoms with Gasteiger partial charge in [0, 0.05) is 30.6 Å². The Labute approximate surface area is 122 Å². The fourth-order valence-corrected chi connectivity index (χ4v) is 2.80. The second kappa shape index (κ2) is 7.03. The van der Waals surface area contributed by atoms with Gasteiger partial charge in [0.25, 0.3) is 0 Å². The second-order valence-corrected chi connectivity index (χ2v) is 6.18. The van der Waals surface area contributed by atoms with Gasteiger partial charge >= 0.3 is 0 Å². The van der Waals surface area contributed by atoms with Crippen LogP contribution in [0.3, 0.4) is 0 Å². The summed E-state index contributed by atoms with van der Waals surface area (Å²) in [5.74, 6) is 0.984. The normalized spacial score (nSPS) is 11.1. The second-order valence-electron chi connectivity index (χ2n) is 4.51. The number of aromatic amines is 1. The third kappa shape index (κ3) is 4.30. The van der Waals surface area contributed by atoms with Crippen molar-refractivity contribution in [2.24, 2.45) is 0 Å². The summed E-state index contributed by atoms with van der Waals surface area (Å²) in [6.07, 6.45) is 5.17. The Morgan fingerprint density at radius 1 is 1.42 bits per heavy atom. The molecule has 2 N–H and O–H groups in total. The molecular formula is C13H19ClN4S. The van der Waals surface area contributed by atoms with E-state index in [1.54, 1.807) is 11.3 Å². The number of hydrogen-bond acceptors (Lipinski definition) is 4. The summed E-state index contributed by atoms with van der Waals surface area (Å²) in [4.78, 5) is 13.1. The zero-order chi connectivity index (χ0) is 13.7. The molecule has 0 bridgehead atoms. The fraction of sp³-hybridized carbons (Fsp3) is 0.538. The number of H-pyrrole nitrogens is 1. The standard InChI is InChI=1S/C13H19ClN4S/c1-3-4-5-12-17-11(13(14)18-12)8-15-6-10-7-16-9(2)19-10/h7,15H,3-6,8H2,1-2H3,(H,17,18). The molecule has 2 heterocycles. The minimum Gasteiger partial charge on any atom is -0.344 e. The van der Waals surface area contributed by atoms with E-state index in [0.29, 0.717) is 11.7 Å². The maximum absolute atomic E-state index is 6.12. The van der Waals surface area contributed by atoms with Crippen molar-refractivity contribution >= 4 is 22.9 Å². The van der Waals surface area contributed by atoms with Crippen molar-refractivity contribution in [3.63, 3.8) is 0 Å². The molecule has 0 fully saturated rings. The largest absolute Gasteiger partial charge is 0.344 e. The fourth-order valence-electron chi connectivity index (χ4n) is 1.82. The summed E-state index contributed by atoms with van der Waals surface area (Å²) in [5, 5.41) is 5.03. The topological polar surface area (TPSA) is 53.6 Å². The van der Waals surface area contributed by atoms with Crippen LogP contribution in [-0.4, -0.2) is 15.0 Å². The highest BCUT2D eigenvalue weighted by Gasteiger charge is 2.07. The van der Waals surface area contributed by atoms with Crippen LogP contribution >= 0.6 is 22.9 Å². The summed E-state index contributed by atoms with van der Waals surface area (Å²) < 4.78 is 0. The number of aryl methyl sites for hydroxylation is 2. The molecule has 2 aromatic heterocycles. The van der Waals surface area contributed by atoms with Gasteiger partial charge in [-0.25, -0.2) is 9.97 Å². The van der Waals surface area contributed by atoms with Gasteiger partial charge in [0.2, 0.25) is 0 Å². The molecule has 4 nitrogen and oxygen atoms in total. The van der Waals surface area contributed by atoms with E-state index < -0.39 is 0 Å². The zero-order valence-electron chi connectivity index (χ0n) is 11.3. The average molecular weight is 299 g/mol. The molecule has 0 spiro atoms. The van der Waals surface area contributed by atoms with Crippen LogP contribution in [0.5, 0.6) is 0 Å². The predicted octanol–water partition coefficient (Wildman–Crippen LogP) is 3.46. The summed E-state index contributed by atoms with van der Waals surface area (Å²) in [6, 6.07) is 0. The van der Waals surface area contributed by atoms with Crippen molar-refractivity contribution < 1.29 is 0 Å². The lowest BCUT2D eigenvalue weighted by molar-refractivity contribution is 0.684. The summed E-state index contributed by atoms with van der Waals surface area (Å²) in [6.45, 7) is 5.70. The van der Waals surface area contributed by atoms with Crippen LogP contribution in [-0.2, 0) is 19.5 Å². The number of halogens is 1. The van der Waals surface area contributed by atoms with Crippen LogP contribution in [0.25, 0.3) is 0 Å². The lowest BCUT2D eigenvalue weighted by Crippen LogP contribution is -2.12. The molecule has 2 aromatic rings. The lowest BCUT2D eigenvalue weighted by Gasteiger charge is -2.00. The molecule has 2 rings (SSSR count). The third-order valence-electron chi connectivity index (χ3n) is 2.81. The molecule has 0 aliphatic rings. The van der Waals surface area contributed by atoms with Gasteiger partial charge in [0.15, 0.2) is 5.15 Å². The Balaban J connectivity index is 1.83. The monoisotopic (exact) mass is 298 g/mol. The van der Waals surface area contributed by atoms with Gasteiger partial charge in [-0.1, -0.05) is 24.9 Å². The van der Waals surface area contributed by atoms with Gasteiger partial charge in [-0.2, -0.15) is 0 Å². The Hall–Kier alpha value is -0.910. The van der Waals surface area contributed by atoms with E-state index in [0.717, 1.165) is 42.3 Å².